The molecule has 0 aromatic heterocycles. The molecule has 2 aromatic rings. The number of ether oxygens (including phenoxy) is 3. The number of benzene rings is 2. The van der Waals surface area contributed by atoms with Gasteiger partial charge in [-0.05, 0) is 66.5 Å². The van der Waals surface area contributed by atoms with Crippen molar-refractivity contribution in [2.75, 3.05) is 20.3 Å². The van der Waals surface area contributed by atoms with Crippen molar-refractivity contribution in [1.82, 2.24) is 5.32 Å². The molecule has 0 aliphatic carbocycles. The first-order valence-electron chi connectivity index (χ1n) is 9.06. The zero-order valence-corrected chi connectivity index (χ0v) is 18.9. The fourth-order valence-corrected chi connectivity index (χ4v) is 3.13. The van der Waals surface area contributed by atoms with E-state index >= 15 is 0 Å². The molecule has 0 radical (unpaired) electrons. The summed E-state index contributed by atoms with van der Waals surface area (Å²) in [5, 5.41) is 3.39. The first-order valence-corrected chi connectivity index (χ1v) is 9.85. The molecule has 0 saturated carbocycles. The van der Waals surface area contributed by atoms with Crippen LogP contribution in [-0.4, -0.2) is 26.4 Å². The maximum Gasteiger partial charge on any atom is 0.175 e. The van der Waals surface area contributed by atoms with Gasteiger partial charge in [0.2, 0.25) is 0 Å². The van der Waals surface area contributed by atoms with Crippen molar-refractivity contribution < 1.29 is 18.6 Å². The molecule has 0 fully saturated rings. The first-order chi connectivity index (χ1) is 13.0. The summed E-state index contributed by atoms with van der Waals surface area (Å²) >= 11 is 3.53. The van der Waals surface area contributed by atoms with Gasteiger partial charge in [-0.3, -0.25) is 0 Å². The lowest BCUT2D eigenvalue weighted by Gasteiger charge is -2.15. The van der Waals surface area contributed by atoms with Gasteiger partial charge in [-0.25, -0.2) is 4.39 Å². The Morgan fingerprint density at radius 2 is 1.93 bits per heavy atom. The fourth-order valence-electron chi connectivity index (χ4n) is 2.53. The second-order valence-corrected chi connectivity index (χ2v) is 7.29. The summed E-state index contributed by atoms with van der Waals surface area (Å²) in [6.45, 7) is 6.54. The van der Waals surface area contributed by atoms with Crippen molar-refractivity contribution in [2.24, 2.45) is 0 Å². The predicted molar refractivity (Wildman–Crippen MR) is 116 cm³/mol. The highest BCUT2D eigenvalue weighted by Crippen LogP contribution is 2.37. The molecular weight excluding hydrogens is 449 g/mol. The molecule has 28 heavy (non-hydrogen) atoms. The highest BCUT2D eigenvalue weighted by atomic mass is 79.9. The number of hydrogen-bond acceptors (Lipinski definition) is 4. The van der Waals surface area contributed by atoms with Gasteiger partial charge in [0.25, 0.3) is 0 Å². The summed E-state index contributed by atoms with van der Waals surface area (Å²) < 4.78 is 31.3. The Morgan fingerprint density at radius 3 is 2.61 bits per heavy atom. The molecular formula is C21H28BrClFNO3. The van der Waals surface area contributed by atoms with E-state index in [-0.39, 0.29) is 30.9 Å². The summed E-state index contributed by atoms with van der Waals surface area (Å²) in [4.78, 5) is 0. The molecule has 0 amide bonds. The molecule has 2 aromatic carbocycles. The smallest absolute Gasteiger partial charge is 0.175 e. The van der Waals surface area contributed by atoms with Crippen molar-refractivity contribution in [3.63, 3.8) is 0 Å². The standard InChI is InChI=1S/C21H27BrFNO3.ClH/c1-15(2)26-10-6-9-24-13-16-11-18(22)21(20(12-16)25-3)27-14-17-7-4-5-8-19(17)23;/h4-5,7-8,11-12,15,24H,6,9-10,13-14H2,1-3H3;1H. The monoisotopic (exact) mass is 475 g/mol. The zero-order chi connectivity index (χ0) is 19.6. The number of nitrogens with one attached hydrogen (secondary N) is 1. The van der Waals surface area contributed by atoms with Gasteiger partial charge in [0.15, 0.2) is 11.5 Å². The molecule has 0 atom stereocenters. The lowest BCUT2D eigenvalue weighted by atomic mass is 10.2. The number of hydrogen-bond donors (Lipinski definition) is 1. The maximum atomic E-state index is 13.8. The minimum Gasteiger partial charge on any atom is -0.493 e. The van der Waals surface area contributed by atoms with E-state index in [1.165, 1.54) is 6.07 Å². The summed E-state index contributed by atoms with van der Waals surface area (Å²) in [6.07, 6.45) is 1.22. The second kappa shape index (κ2) is 13.0. The highest BCUT2D eigenvalue weighted by molar-refractivity contribution is 9.10. The summed E-state index contributed by atoms with van der Waals surface area (Å²) in [5.74, 6) is 0.894. The lowest BCUT2D eigenvalue weighted by molar-refractivity contribution is 0.0770. The quantitative estimate of drug-likeness (QED) is 0.435. The van der Waals surface area contributed by atoms with Crippen LogP contribution in [0.3, 0.4) is 0 Å². The summed E-state index contributed by atoms with van der Waals surface area (Å²) in [7, 11) is 1.60. The van der Waals surface area contributed by atoms with Gasteiger partial charge in [0.1, 0.15) is 12.4 Å². The zero-order valence-electron chi connectivity index (χ0n) is 16.5. The highest BCUT2D eigenvalue weighted by Gasteiger charge is 2.13. The van der Waals surface area contributed by atoms with Crippen LogP contribution in [0.5, 0.6) is 11.5 Å². The van der Waals surface area contributed by atoms with Gasteiger partial charge in [-0.1, -0.05) is 18.2 Å². The number of halogens is 3. The van der Waals surface area contributed by atoms with E-state index in [1.807, 2.05) is 26.0 Å². The van der Waals surface area contributed by atoms with Gasteiger partial charge in [-0.2, -0.15) is 0 Å². The van der Waals surface area contributed by atoms with Crippen molar-refractivity contribution >= 4 is 28.3 Å². The van der Waals surface area contributed by atoms with Crippen molar-refractivity contribution in [3.8, 4) is 11.5 Å². The van der Waals surface area contributed by atoms with E-state index in [1.54, 1.807) is 25.3 Å². The molecule has 0 bridgehead atoms. The van der Waals surface area contributed by atoms with Crippen LogP contribution in [-0.2, 0) is 17.9 Å². The van der Waals surface area contributed by atoms with E-state index in [4.69, 9.17) is 14.2 Å². The summed E-state index contributed by atoms with van der Waals surface area (Å²) in [6, 6.07) is 10.5. The average molecular weight is 477 g/mol. The Bertz CT molecular complexity index is 731. The Morgan fingerprint density at radius 1 is 1.18 bits per heavy atom. The predicted octanol–water partition coefficient (Wildman–Crippen LogP) is 5.50. The van der Waals surface area contributed by atoms with Gasteiger partial charge >= 0.3 is 0 Å². The van der Waals surface area contributed by atoms with E-state index in [0.29, 0.717) is 23.6 Å². The minimum absolute atomic E-state index is 0. The molecule has 0 aliphatic heterocycles. The van der Waals surface area contributed by atoms with Crippen molar-refractivity contribution in [3.05, 3.63) is 57.8 Å². The third-order valence-corrected chi connectivity index (χ3v) is 4.49. The second-order valence-electron chi connectivity index (χ2n) is 6.44. The van der Waals surface area contributed by atoms with E-state index < -0.39 is 0 Å². The molecule has 0 heterocycles. The Balaban J connectivity index is 0.00000392. The van der Waals surface area contributed by atoms with E-state index in [2.05, 4.69) is 21.2 Å². The van der Waals surface area contributed by atoms with Crippen LogP contribution < -0.4 is 14.8 Å². The topological polar surface area (TPSA) is 39.7 Å². The molecule has 0 unspecified atom stereocenters. The van der Waals surface area contributed by atoms with Crippen LogP contribution in [0.25, 0.3) is 0 Å². The average Bonchev–Trinajstić information content (AvgIpc) is 2.64. The third kappa shape index (κ3) is 7.95. The molecule has 2 rings (SSSR count). The molecule has 0 saturated heterocycles. The van der Waals surface area contributed by atoms with Crippen LogP contribution in [0.4, 0.5) is 4.39 Å². The van der Waals surface area contributed by atoms with Gasteiger partial charge < -0.3 is 19.5 Å². The third-order valence-electron chi connectivity index (χ3n) is 3.90. The number of rotatable bonds is 11. The van der Waals surface area contributed by atoms with Crippen LogP contribution in [0.1, 0.15) is 31.4 Å². The van der Waals surface area contributed by atoms with Crippen LogP contribution in [0.2, 0.25) is 0 Å². The lowest BCUT2D eigenvalue weighted by Crippen LogP contribution is -2.17. The fraction of sp³-hybridized carbons (Fsp3) is 0.429. The van der Waals surface area contributed by atoms with Gasteiger partial charge in [0, 0.05) is 18.7 Å². The van der Waals surface area contributed by atoms with Gasteiger partial charge in [-0.15, -0.1) is 12.4 Å². The maximum absolute atomic E-state index is 13.8. The van der Waals surface area contributed by atoms with Crippen LogP contribution in [0, 0.1) is 5.82 Å². The molecule has 4 nitrogen and oxygen atoms in total. The SMILES string of the molecule is COc1cc(CNCCCOC(C)C)cc(Br)c1OCc1ccccc1F.Cl. The Labute approximate surface area is 181 Å². The van der Waals surface area contributed by atoms with Crippen LogP contribution >= 0.6 is 28.3 Å². The Kier molecular flexibility index (Phi) is 11.5. The van der Waals surface area contributed by atoms with Gasteiger partial charge in [0.05, 0.1) is 17.7 Å². The minimum atomic E-state index is -0.283. The first kappa shape index (κ1) is 24.7. The number of methoxy groups -OCH3 is 1. The molecule has 0 aliphatic rings. The van der Waals surface area contributed by atoms with E-state index in [9.17, 15) is 4.39 Å². The Hall–Kier alpha value is -1.34. The van der Waals surface area contributed by atoms with Crippen molar-refractivity contribution in [2.45, 2.75) is 39.5 Å². The molecule has 1 N–H and O–H groups in total. The summed E-state index contributed by atoms with van der Waals surface area (Å²) in [5.41, 5.74) is 1.57. The van der Waals surface area contributed by atoms with Crippen LogP contribution in [0.15, 0.2) is 40.9 Å². The molecule has 7 heteroatoms. The largest absolute Gasteiger partial charge is 0.493 e. The van der Waals surface area contributed by atoms with E-state index in [0.717, 1.165) is 29.6 Å². The molecule has 0 spiro atoms. The van der Waals surface area contributed by atoms with Crippen molar-refractivity contribution in [1.29, 1.82) is 0 Å². The molecule has 156 valence electrons. The normalized spacial score (nSPS) is 10.6.